The second-order valence-corrected chi connectivity index (χ2v) is 3.42. The van der Waals surface area contributed by atoms with Crippen LogP contribution in [0.2, 0.25) is 0 Å². The molecule has 4 N–H and O–H groups in total. The molecule has 1 fully saturated rings. The van der Waals surface area contributed by atoms with Crippen LogP contribution in [0.3, 0.4) is 0 Å². The Kier molecular flexibility index (Phi) is 3.33. The predicted molar refractivity (Wildman–Crippen MR) is 54.4 cm³/mol. The lowest BCUT2D eigenvalue weighted by Crippen LogP contribution is -2.38. The van der Waals surface area contributed by atoms with Crippen LogP contribution in [0.1, 0.15) is 6.42 Å². The number of likely N-dealkylation sites (N-methyl/N-ethyl adjacent to an activating group) is 1. The van der Waals surface area contributed by atoms with E-state index in [4.69, 9.17) is 11.6 Å². The summed E-state index contributed by atoms with van der Waals surface area (Å²) in [5.41, 5.74) is 5.26. The summed E-state index contributed by atoms with van der Waals surface area (Å²) in [6, 6.07) is 0.773. The van der Waals surface area contributed by atoms with Gasteiger partial charge in [0.25, 0.3) is 0 Å². The van der Waals surface area contributed by atoms with E-state index in [9.17, 15) is 0 Å². The van der Waals surface area contributed by atoms with E-state index >= 15 is 0 Å². The first kappa shape index (κ1) is 10.1. The van der Waals surface area contributed by atoms with Crippen LogP contribution in [0.25, 0.3) is 0 Å². The summed E-state index contributed by atoms with van der Waals surface area (Å²) in [6.07, 6.45) is 6.13. The maximum atomic E-state index is 5.77. The van der Waals surface area contributed by atoms with E-state index in [1.807, 2.05) is 6.08 Å². The Labute approximate surface area is 79.4 Å². The van der Waals surface area contributed by atoms with Gasteiger partial charge >= 0.3 is 0 Å². The van der Waals surface area contributed by atoms with Gasteiger partial charge in [0.05, 0.1) is 6.04 Å². The minimum Gasteiger partial charge on any atom is -0.403 e. The summed E-state index contributed by atoms with van der Waals surface area (Å²) in [4.78, 5) is 2.24. The quantitative estimate of drug-likeness (QED) is 0.362. The second-order valence-electron chi connectivity index (χ2n) is 3.42. The summed E-state index contributed by atoms with van der Waals surface area (Å²) in [5.74, 6) is 5.77. The number of rotatable bonds is 3. The first-order chi connectivity index (χ1) is 6.19. The summed E-state index contributed by atoms with van der Waals surface area (Å²) in [6.45, 7) is 4.75. The predicted octanol–water partition coefficient (Wildman–Crippen LogP) is -0.149. The summed E-state index contributed by atoms with van der Waals surface area (Å²) in [5, 5.41) is 1.67. The standard InChI is InChI=1S/C9H18N4/c1-3-8-6-9(7-12(8)2)13(11)5-4-10/h3-5,8-9H,1,6-7,10-11H2,2H3/b5-4-. The highest BCUT2D eigenvalue weighted by atomic mass is 15.4. The Morgan fingerprint density at radius 2 is 2.31 bits per heavy atom. The fourth-order valence-corrected chi connectivity index (χ4v) is 1.71. The number of hydrogen-bond acceptors (Lipinski definition) is 4. The number of nitrogens with two attached hydrogens (primary N) is 2. The van der Waals surface area contributed by atoms with Crippen LogP contribution in [0, 0.1) is 0 Å². The van der Waals surface area contributed by atoms with E-state index in [-0.39, 0.29) is 0 Å². The minimum absolute atomic E-state index is 0.341. The third-order valence-electron chi connectivity index (χ3n) is 2.53. The van der Waals surface area contributed by atoms with Crippen LogP contribution in [0.15, 0.2) is 25.1 Å². The van der Waals surface area contributed by atoms with E-state index in [1.165, 1.54) is 6.20 Å². The highest BCUT2D eigenvalue weighted by molar-refractivity contribution is 4.98. The van der Waals surface area contributed by atoms with Gasteiger partial charge in [0.2, 0.25) is 0 Å². The Bertz CT molecular complexity index is 202. The van der Waals surface area contributed by atoms with Crippen LogP contribution >= 0.6 is 0 Å². The Hall–Kier alpha value is -1.00. The van der Waals surface area contributed by atoms with Crippen LogP contribution in [-0.4, -0.2) is 35.6 Å². The molecule has 1 aliphatic rings. The number of hydrazine groups is 1. The molecule has 0 radical (unpaired) electrons. The van der Waals surface area contributed by atoms with Crippen LogP contribution in [-0.2, 0) is 0 Å². The third-order valence-corrected chi connectivity index (χ3v) is 2.53. The molecular formula is C9H18N4. The van der Waals surface area contributed by atoms with E-state index < -0.39 is 0 Å². The monoisotopic (exact) mass is 182 g/mol. The van der Waals surface area contributed by atoms with Gasteiger partial charge in [-0.15, -0.1) is 6.58 Å². The highest BCUT2D eigenvalue weighted by Gasteiger charge is 2.29. The molecule has 0 amide bonds. The molecule has 1 aliphatic heterocycles. The van der Waals surface area contributed by atoms with Crippen molar-refractivity contribution in [3.63, 3.8) is 0 Å². The number of nitrogens with zero attached hydrogens (tertiary/aromatic N) is 2. The smallest absolute Gasteiger partial charge is 0.0591 e. The number of hydrogen-bond donors (Lipinski definition) is 2. The highest BCUT2D eigenvalue weighted by Crippen LogP contribution is 2.19. The molecule has 13 heavy (non-hydrogen) atoms. The normalized spacial score (nSPS) is 29.7. The molecule has 4 nitrogen and oxygen atoms in total. The zero-order chi connectivity index (χ0) is 9.84. The summed E-state index contributed by atoms with van der Waals surface area (Å²) >= 11 is 0. The molecule has 0 aromatic rings. The van der Waals surface area contributed by atoms with Crippen molar-refractivity contribution in [2.75, 3.05) is 13.6 Å². The van der Waals surface area contributed by atoms with Crippen LogP contribution < -0.4 is 11.6 Å². The van der Waals surface area contributed by atoms with Crippen molar-refractivity contribution in [1.82, 2.24) is 9.91 Å². The SMILES string of the molecule is C=CC1CC(N(N)/C=C\N)CN1C. The number of likely N-dealkylation sites (tertiary alicyclic amines) is 1. The van der Waals surface area contributed by atoms with Crippen molar-refractivity contribution in [2.45, 2.75) is 18.5 Å². The van der Waals surface area contributed by atoms with E-state index in [2.05, 4.69) is 18.5 Å². The van der Waals surface area contributed by atoms with Crippen LogP contribution in [0.5, 0.6) is 0 Å². The maximum absolute atomic E-state index is 5.77. The Balaban J connectivity index is 2.52. The first-order valence-corrected chi connectivity index (χ1v) is 4.43. The second kappa shape index (κ2) is 4.30. The topological polar surface area (TPSA) is 58.5 Å². The lowest BCUT2D eigenvalue weighted by molar-refractivity contribution is 0.277. The molecule has 1 rings (SSSR count). The summed E-state index contributed by atoms with van der Waals surface area (Å²) in [7, 11) is 2.08. The molecular weight excluding hydrogens is 164 g/mol. The van der Waals surface area contributed by atoms with Gasteiger partial charge in [0.1, 0.15) is 0 Å². The fraction of sp³-hybridized carbons (Fsp3) is 0.556. The van der Waals surface area contributed by atoms with Gasteiger partial charge in [-0.05, 0) is 13.5 Å². The lowest BCUT2D eigenvalue weighted by Gasteiger charge is -2.20. The van der Waals surface area contributed by atoms with Gasteiger partial charge in [-0.1, -0.05) is 6.08 Å². The molecule has 2 atom stereocenters. The Morgan fingerprint density at radius 3 is 2.77 bits per heavy atom. The third kappa shape index (κ3) is 2.23. The zero-order valence-electron chi connectivity index (χ0n) is 8.06. The fourth-order valence-electron chi connectivity index (χ4n) is 1.71. The van der Waals surface area contributed by atoms with Crippen molar-refractivity contribution in [3.8, 4) is 0 Å². The molecule has 1 heterocycles. The van der Waals surface area contributed by atoms with E-state index in [0.717, 1.165) is 13.0 Å². The van der Waals surface area contributed by atoms with Crippen LogP contribution in [0.4, 0.5) is 0 Å². The van der Waals surface area contributed by atoms with E-state index in [1.54, 1.807) is 11.2 Å². The molecule has 0 bridgehead atoms. The van der Waals surface area contributed by atoms with Crippen molar-refractivity contribution in [3.05, 3.63) is 25.1 Å². The molecule has 0 aliphatic carbocycles. The molecule has 0 aromatic heterocycles. The van der Waals surface area contributed by atoms with Gasteiger partial charge in [-0.2, -0.15) is 0 Å². The van der Waals surface area contributed by atoms with Gasteiger partial charge in [0, 0.05) is 25.0 Å². The lowest BCUT2D eigenvalue weighted by atomic mass is 10.1. The van der Waals surface area contributed by atoms with Gasteiger partial charge < -0.3 is 10.7 Å². The zero-order valence-corrected chi connectivity index (χ0v) is 8.06. The molecule has 0 spiro atoms. The Morgan fingerprint density at radius 1 is 1.62 bits per heavy atom. The van der Waals surface area contributed by atoms with Gasteiger partial charge in [0.15, 0.2) is 0 Å². The average Bonchev–Trinajstić information content (AvgIpc) is 2.47. The maximum Gasteiger partial charge on any atom is 0.0591 e. The van der Waals surface area contributed by atoms with Crippen molar-refractivity contribution < 1.29 is 0 Å². The molecule has 0 aromatic carbocycles. The van der Waals surface area contributed by atoms with E-state index in [0.29, 0.717) is 12.1 Å². The largest absolute Gasteiger partial charge is 0.403 e. The molecule has 74 valence electrons. The molecule has 2 unspecified atom stereocenters. The molecule has 0 saturated carbocycles. The summed E-state index contributed by atoms with van der Waals surface area (Å²) < 4.78 is 0. The van der Waals surface area contributed by atoms with Gasteiger partial charge in [-0.3, -0.25) is 4.90 Å². The molecule has 4 heteroatoms. The van der Waals surface area contributed by atoms with Crippen molar-refractivity contribution in [1.29, 1.82) is 0 Å². The molecule has 1 saturated heterocycles. The minimum atomic E-state index is 0.341. The average molecular weight is 182 g/mol. The van der Waals surface area contributed by atoms with Crippen molar-refractivity contribution in [2.24, 2.45) is 11.6 Å². The van der Waals surface area contributed by atoms with Crippen molar-refractivity contribution >= 4 is 0 Å². The first-order valence-electron chi connectivity index (χ1n) is 4.43. The van der Waals surface area contributed by atoms with Gasteiger partial charge in [-0.25, -0.2) is 5.84 Å².